The molecule has 0 radical (unpaired) electrons. The van der Waals surface area contributed by atoms with Crippen molar-refractivity contribution >= 4 is 0 Å². The normalized spacial score (nSPS) is 32.6. The van der Waals surface area contributed by atoms with Crippen molar-refractivity contribution in [1.29, 1.82) is 0 Å². The Morgan fingerprint density at radius 2 is 2.08 bits per heavy atom. The van der Waals surface area contributed by atoms with Gasteiger partial charge in [-0.25, -0.2) is 0 Å². The van der Waals surface area contributed by atoms with Crippen LogP contribution in [-0.2, 0) is 5.60 Å². The van der Waals surface area contributed by atoms with Crippen LogP contribution in [0.2, 0.25) is 0 Å². The molecule has 13 heavy (non-hydrogen) atoms. The van der Waals surface area contributed by atoms with E-state index in [1.807, 2.05) is 30.3 Å². The molecule has 0 spiro atoms. The fourth-order valence-corrected chi connectivity index (χ4v) is 2.04. The highest BCUT2D eigenvalue weighted by Gasteiger charge is 2.45. The summed E-state index contributed by atoms with van der Waals surface area (Å²) in [6.45, 7) is 0.575. The third-order valence-corrected chi connectivity index (χ3v) is 3.11. The second-order valence-corrected chi connectivity index (χ2v) is 3.76. The number of aliphatic hydroxyl groups is 1. The lowest BCUT2D eigenvalue weighted by Gasteiger charge is -2.45. The maximum Gasteiger partial charge on any atom is 0.0936 e. The van der Waals surface area contributed by atoms with Gasteiger partial charge in [0.15, 0.2) is 0 Å². The first-order valence-corrected chi connectivity index (χ1v) is 4.75. The first kappa shape index (κ1) is 8.73. The number of hydrogen-bond donors (Lipinski definition) is 2. The molecule has 2 nitrogen and oxygen atoms in total. The van der Waals surface area contributed by atoms with Gasteiger partial charge in [0.25, 0.3) is 0 Å². The predicted octanol–water partition coefficient (Wildman–Crippen LogP) is 1.24. The molecule has 0 amide bonds. The minimum Gasteiger partial charge on any atom is -0.385 e. The number of hydrogen-bond acceptors (Lipinski definition) is 2. The maximum atomic E-state index is 10.3. The predicted molar refractivity (Wildman–Crippen MR) is 52.1 cm³/mol. The molecule has 2 atom stereocenters. The van der Waals surface area contributed by atoms with E-state index in [2.05, 4.69) is 0 Å². The molecular formula is C11H15NO. The average molecular weight is 177 g/mol. The van der Waals surface area contributed by atoms with Crippen molar-refractivity contribution in [3.8, 4) is 0 Å². The quantitative estimate of drug-likeness (QED) is 0.714. The molecule has 2 rings (SSSR count). The van der Waals surface area contributed by atoms with E-state index in [9.17, 15) is 5.11 Å². The number of rotatable bonds is 2. The van der Waals surface area contributed by atoms with Crippen molar-refractivity contribution in [2.45, 2.75) is 18.4 Å². The molecule has 0 heterocycles. The Bertz CT molecular complexity index is 283. The van der Waals surface area contributed by atoms with E-state index in [0.29, 0.717) is 6.54 Å². The zero-order valence-corrected chi connectivity index (χ0v) is 7.61. The van der Waals surface area contributed by atoms with E-state index >= 15 is 0 Å². The van der Waals surface area contributed by atoms with E-state index < -0.39 is 5.60 Å². The van der Waals surface area contributed by atoms with Gasteiger partial charge in [0, 0.05) is 5.92 Å². The summed E-state index contributed by atoms with van der Waals surface area (Å²) in [5.74, 6) is 0.245. The van der Waals surface area contributed by atoms with Gasteiger partial charge in [-0.15, -0.1) is 0 Å². The second kappa shape index (κ2) is 3.13. The summed E-state index contributed by atoms with van der Waals surface area (Å²) < 4.78 is 0. The highest BCUT2D eigenvalue weighted by molar-refractivity contribution is 5.26. The van der Waals surface area contributed by atoms with Crippen LogP contribution in [0.15, 0.2) is 30.3 Å². The number of nitrogens with two attached hydrogens (primary N) is 1. The minimum atomic E-state index is -0.643. The molecule has 0 bridgehead atoms. The van der Waals surface area contributed by atoms with Crippen LogP contribution in [0.5, 0.6) is 0 Å². The van der Waals surface area contributed by atoms with Gasteiger partial charge in [-0.05, 0) is 24.9 Å². The van der Waals surface area contributed by atoms with Gasteiger partial charge in [-0.2, -0.15) is 0 Å². The lowest BCUT2D eigenvalue weighted by atomic mass is 9.66. The molecule has 1 aromatic rings. The molecule has 70 valence electrons. The molecule has 0 saturated heterocycles. The van der Waals surface area contributed by atoms with E-state index in [-0.39, 0.29) is 5.92 Å². The standard InChI is InChI=1S/C11H15NO/c12-8-10-6-7-11(10,13)9-4-2-1-3-5-9/h1-5,10,13H,6-8,12H2. The Kier molecular flexibility index (Phi) is 2.10. The summed E-state index contributed by atoms with van der Waals surface area (Å²) in [4.78, 5) is 0. The van der Waals surface area contributed by atoms with Crippen LogP contribution in [0.4, 0.5) is 0 Å². The molecule has 1 aliphatic rings. The maximum absolute atomic E-state index is 10.3. The van der Waals surface area contributed by atoms with Gasteiger partial charge >= 0.3 is 0 Å². The lowest BCUT2D eigenvalue weighted by molar-refractivity contribution is -0.0969. The first-order chi connectivity index (χ1) is 6.27. The first-order valence-electron chi connectivity index (χ1n) is 4.75. The molecule has 1 saturated carbocycles. The van der Waals surface area contributed by atoms with Crippen molar-refractivity contribution in [2.75, 3.05) is 6.54 Å². The van der Waals surface area contributed by atoms with Crippen molar-refractivity contribution < 1.29 is 5.11 Å². The summed E-state index contributed by atoms with van der Waals surface area (Å²) in [5, 5.41) is 10.3. The van der Waals surface area contributed by atoms with Gasteiger partial charge in [0.1, 0.15) is 0 Å². The van der Waals surface area contributed by atoms with E-state index in [1.54, 1.807) is 0 Å². The van der Waals surface area contributed by atoms with Crippen LogP contribution in [-0.4, -0.2) is 11.7 Å². The zero-order valence-electron chi connectivity index (χ0n) is 7.61. The highest BCUT2D eigenvalue weighted by Crippen LogP contribution is 2.45. The Morgan fingerprint density at radius 3 is 2.54 bits per heavy atom. The van der Waals surface area contributed by atoms with Crippen molar-refractivity contribution in [1.82, 2.24) is 0 Å². The van der Waals surface area contributed by atoms with E-state index in [0.717, 1.165) is 18.4 Å². The van der Waals surface area contributed by atoms with Gasteiger partial charge in [-0.1, -0.05) is 30.3 Å². The molecule has 0 aromatic heterocycles. The summed E-state index contributed by atoms with van der Waals surface area (Å²) in [6.07, 6.45) is 1.89. The molecule has 3 N–H and O–H groups in total. The van der Waals surface area contributed by atoms with E-state index in [1.165, 1.54) is 0 Å². The molecule has 2 heteroatoms. The summed E-state index contributed by atoms with van der Waals surface area (Å²) in [5.41, 5.74) is 5.95. The lowest BCUT2D eigenvalue weighted by Crippen LogP contribution is -2.47. The zero-order chi connectivity index (χ0) is 9.31. The fraction of sp³-hybridized carbons (Fsp3) is 0.455. The summed E-state index contributed by atoms with van der Waals surface area (Å²) in [7, 11) is 0. The van der Waals surface area contributed by atoms with Crippen LogP contribution >= 0.6 is 0 Å². The van der Waals surface area contributed by atoms with Crippen LogP contribution in [0.25, 0.3) is 0 Å². The largest absolute Gasteiger partial charge is 0.385 e. The van der Waals surface area contributed by atoms with E-state index in [4.69, 9.17) is 5.73 Å². The van der Waals surface area contributed by atoms with Gasteiger partial charge < -0.3 is 10.8 Å². The Labute approximate surface area is 78.4 Å². The third-order valence-electron chi connectivity index (χ3n) is 3.11. The highest BCUT2D eigenvalue weighted by atomic mass is 16.3. The van der Waals surface area contributed by atoms with Crippen LogP contribution in [0.3, 0.4) is 0 Å². The Morgan fingerprint density at radius 1 is 1.38 bits per heavy atom. The minimum absolute atomic E-state index is 0.245. The van der Waals surface area contributed by atoms with Crippen molar-refractivity contribution in [3.63, 3.8) is 0 Å². The topological polar surface area (TPSA) is 46.2 Å². The van der Waals surface area contributed by atoms with Gasteiger partial charge in [-0.3, -0.25) is 0 Å². The second-order valence-electron chi connectivity index (χ2n) is 3.76. The van der Waals surface area contributed by atoms with Gasteiger partial charge in [0.2, 0.25) is 0 Å². The molecular weight excluding hydrogens is 162 g/mol. The molecule has 0 aliphatic heterocycles. The average Bonchev–Trinajstić information content (AvgIpc) is 2.17. The number of benzene rings is 1. The molecule has 2 unspecified atom stereocenters. The van der Waals surface area contributed by atoms with Gasteiger partial charge in [0.05, 0.1) is 5.60 Å². The monoisotopic (exact) mass is 177 g/mol. The Hall–Kier alpha value is -0.860. The van der Waals surface area contributed by atoms with Crippen LogP contribution < -0.4 is 5.73 Å². The summed E-state index contributed by atoms with van der Waals surface area (Å²) in [6, 6.07) is 9.82. The van der Waals surface area contributed by atoms with Crippen LogP contribution in [0, 0.1) is 5.92 Å². The summed E-state index contributed by atoms with van der Waals surface area (Å²) >= 11 is 0. The fourth-order valence-electron chi connectivity index (χ4n) is 2.04. The SMILES string of the molecule is NCC1CCC1(O)c1ccccc1. The molecule has 1 aliphatic carbocycles. The third kappa shape index (κ3) is 1.26. The molecule has 1 fully saturated rings. The van der Waals surface area contributed by atoms with Crippen LogP contribution in [0.1, 0.15) is 18.4 Å². The van der Waals surface area contributed by atoms with Crippen molar-refractivity contribution in [3.05, 3.63) is 35.9 Å². The van der Waals surface area contributed by atoms with Crippen molar-refractivity contribution in [2.24, 2.45) is 11.7 Å². The smallest absolute Gasteiger partial charge is 0.0936 e. The molecule has 1 aromatic carbocycles. The Balaban J connectivity index is 2.26.